The molecule has 100 valence electrons. The topological polar surface area (TPSA) is 69.1 Å². The third-order valence-corrected chi connectivity index (χ3v) is 2.44. The van der Waals surface area contributed by atoms with E-state index in [1.165, 1.54) is 12.1 Å². The molecule has 1 amide bonds. The number of carbonyl (C=O) groups excluding carboxylic acids is 1. The van der Waals surface area contributed by atoms with Gasteiger partial charge in [0.1, 0.15) is 5.82 Å². The number of nitrogens with two attached hydrogens (primary N) is 2. The highest BCUT2D eigenvalue weighted by atomic mass is 19.1. The Bertz CT molecular complexity index is 541. The van der Waals surface area contributed by atoms with Gasteiger partial charge in [-0.05, 0) is 42.3 Å². The van der Waals surface area contributed by atoms with Crippen molar-refractivity contribution in [1.82, 2.24) is 0 Å². The van der Waals surface area contributed by atoms with Crippen LogP contribution in [0.1, 0.15) is 22.8 Å². The van der Waals surface area contributed by atoms with Crippen molar-refractivity contribution in [2.45, 2.75) is 13.3 Å². The minimum atomic E-state index is -0.433. The summed E-state index contributed by atoms with van der Waals surface area (Å²) < 4.78 is 11.9. The molecular weight excluding hydrogens is 243 g/mol. The Hall–Kier alpha value is -2.36. The summed E-state index contributed by atoms with van der Waals surface area (Å²) in [5.74, 6) is -0.612. The Morgan fingerprint density at radius 2 is 1.79 bits per heavy atom. The zero-order valence-corrected chi connectivity index (χ0v) is 10.8. The highest BCUT2D eigenvalue weighted by Crippen LogP contribution is 2.11. The van der Waals surface area contributed by atoms with Crippen molar-refractivity contribution < 1.29 is 9.18 Å². The maximum absolute atomic E-state index is 11.9. The molecule has 0 aliphatic heterocycles. The number of hydrogen-bond donors (Lipinski definition) is 2. The van der Waals surface area contributed by atoms with Gasteiger partial charge in [0.25, 0.3) is 0 Å². The number of anilines is 1. The SMILES string of the molecule is CCc1cc(N)cc(C(N)=O)c1.Fc1ccccc1. The second kappa shape index (κ2) is 7.16. The van der Waals surface area contributed by atoms with Gasteiger partial charge in [0.05, 0.1) is 0 Å². The molecule has 0 aliphatic rings. The van der Waals surface area contributed by atoms with Gasteiger partial charge in [0, 0.05) is 11.3 Å². The number of benzene rings is 2. The van der Waals surface area contributed by atoms with Crippen molar-refractivity contribution in [2.24, 2.45) is 5.73 Å². The van der Waals surface area contributed by atoms with Crippen LogP contribution in [0.25, 0.3) is 0 Å². The lowest BCUT2D eigenvalue weighted by molar-refractivity contribution is 0.1000. The molecule has 0 aromatic heterocycles. The summed E-state index contributed by atoms with van der Waals surface area (Å²) in [4.78, 5) is 10.8. The van der Waals surface area contributed by atoms with Crippen molar-refractivity contribution in [3.8, 4) is 0 Å². The van der Waals surface area contributed by atoms with Gasteiger partial charge >= 0.3 is 0 Å². The zero-order chi connectivity index (χ0) is 14.3. The number of nitrogen functional groups attached to an aromatic ring is 1. The van der Waals surface area contributed by atoms with E-state index >= 15 is 0 Å². The fourth-order valence-corrected chi connectivity index (χ4v) is 1.48. The van der Waals surface area contributed by atoms with Crippen molar-refractivity contribution in [3.05, 3.63) is 65.5 Å². The van der Waals surface area contributed by atoms with Crippen LogP contribution in [0, 0.1) is 5.82 Å². The van der Waals surface area contributed by atoms with Crippen molar-refractivity contribution in [3.63, 3.8) is 0 Å². The molecule has 0 atom stereocenters. The number of primary amides is 1. The Balaban J connectivity index is 0.000000218. The summed E-state index contributed by atoms with van der Waals surface area (Å²) >= 11 is 0. The first-order chi connectivity index (χ1) is 9.02. The van der Waals surface area contributed by atoms with Gasteiger partial charge in [-0.15, -0.1) is 0 Å². The van der Waals surface area contributed by atoms with Crippen LogP contribution in [0.3, 0.4) is 0 Å². The van der Waals surface area contributed by atoms with Crippen molar-refractivity contribution in [2.75, 3.05) is 5.73 Å². The Labute approximate surface area is 112 Å². The quantitative estimate of drug-likeness (QED) is 0.815. The number of rotatable bonds is 2. The summed E-state index contributed by atoms with van der Waals surface area (Å²) in [6, 6.07) is 13.1. The number of aryl methyl sites for hydroxylation is 1. The lowest BCUT2D eigenvalue weighted by Crippen LogP contribution is -2.11. The minimum absolute atomic E-state index is 0.178. The standard InChI is InChI=1S/C9H12N2O.C6H5F/c1-2-6-3-7(9(11)12)5-8(10)4-6;7-6-4-2-1-3-5-6/h3-5H,2,10H2,1H3,(H2,11,12);1-5H. The molecule has 2 aromatic carbocycles. The third-order valence-electron chi connectivity index (χ3n) is 2.44. The van der Waals surface area contributed by atoms with E-state index in [2.05, 4.69) is 0 Å². The molecule has 19 heavy (non-hydrogen) atoms. The average molecular weight is 260 g/mol. The summed E-state index contributed by atoms with van der Waals surface area (Å²) in [5, 5.41) is 0. The van der Waals surface area contributed by atoms with E-state index in [1.807, 2.05) is 13.0 Å². The molecule has 0 fully saturated rings. The van der Waals surface area contributed by atoms with Crippen LogP contribution in [-0.2, 0) is 6.42 Å². The largest absolute Gasteiger partial charge is 0.399 e. The number of hydrogen-bond acceptors (Lipinski definition) is 2. The molecule has 4 heteroatoms. The lowest BCUT2D eigenvalue weighted by atomic mass is 10.1. The van der Waals surface area contributed by atoms with E-state index in [-0.39, 0.29) is 5.82 Å². The molecule has 0 saturated heterocycles. The van der Waals surface area contributed by atoms with Gasteiger partial charge in [-0.2, -0.15) is 0 Å². The summed E-state index contributed by atoms with van der Waals surface area (Å²) in [6.45, 7) is 2.00. The fraction of sp³-hybridized carbons (Fsp3) is 0.133. The highest BCUT2D eigenvalue weighted by Gasteiger charge is 2.02. The van der Waals surface area contributed by atoms with Crippen molar-refractivity contribution in [1.29, 1.82) is 0 Å². The third kappa shape index (κ3) is 5.21. The zero-order valence-electron chi connectivity index (χ0n) is 10.8. The molecule has 0 unspecified atom stereocenters. The maximum Gasteiger partial charge on any atom is 0.248 e. The van der Waals surface area contributed by atoms with Gasteiger partial charge in [-0.25, -0.2) is 4.39 Å². The monoisotopic (exact) mass is 260 g/mol. The van der Waals surface area contributed by atoms with E-state index in [0.717, 1.165) is 12.0 Å². The van der Waals surface area contributed by atoms with E-state index < -0.39 is 5.91 Å². The summed E-state index contributed by atoms with van der Waals surface area (Å²) in [6.07, 6.45) is 0.852. The second-order valence-corrected chi connectivity index (χ2v) is 3.98. The number of halogens is 1. The van der Waals surface area contributed by atoms with Gasteiger partial charge in [-0.1, -0.05) is 25.1 Å². The Morgan fingerprint density at radius 1 is 1.16 bits per heavy atom. The Kier molecular flexibility index (Phi) is 5.54. The molecule has 0 saturated carbocycles. The van der Waals surface area contributed by atoms with Crippen LogP contribution in [-0.4, -0.2) is 5.91 Å². The molecule has 0 heterocycles. The van der Waals surface area contributed by atoms with Gasteiger partial charge < -0.3 is 11.5 Å². The van der Waals surface area contributed by atoms with Gasteiger partial charge in [-0.3, -0.25) is 4.79 Å². The van der Waals surface area contributed by atoms with Crippen LogP contribution in [0.5, 0.6) is 0 Å². The highest BCUT2D eigenvalue weighted by molar-refractivity contribution is 5.93. The maximum atomic E-state index is 11.9. The van der Waals surface area contributed by atoms with Crippen LogP contribution >= 0.6 is 0 Å². The minimum Gasteiger partial charge on any atom is -0.399 e. The first-order valence-corrected chi connectivity index (χ1v) is 5.92. The van der Waals surface area contributed by atoms with Gasteiger partial charge in [0.15, 0.2) is 0 Å². The van der Waals surface area contributed by atoms with Gasteiger partial charge in [0.2, 0.25) is 5.91 Å². The molecule has 0 spiro atoms. The Morgan fingerprint density at radius 3 is 2.21 bits per heavy atom. The van der Waals surface area contributed by atoms with Crippen LogP contribution in [0.15, 0.2) is 48.5 Å². The lowest BCUT2D eigenvalue weighted by Gasteiger charge is -2.01. The predicted octanol–water partition coefficient (Wildman–Crippen LogP) is 2.76. The molecule has 0 radical (unpaired) electrons. The van der Waals surface area contributed by atoms with E-state index in [0.29, 0.717) is 11.3 Å². The average Bonchev–Trinajstić information content (AvgIpc) is 2.39. The molecule has 2 rings (SSSR count). The molecular formula is C15H17FN2O. The number of amides is 1. The smallest absolute Gasteiger partial charge is 0.248 e. The molecule has 0 bridgehead atoms. The van der Waals surface area contributed by atoms with Crippen LogP contribution in [0.2, 0.25) is 0 Å². The summed E-state index contributed by atoms with van der Waals surface area (Å²) in [5.41, 5.74) is 12.8. The predicted molar refractivity (Wildman–Crippen MR) is 75.2 cm³/mol. The van der Waals surface area contributed by atoms with E-state index in [9.17, 15) is 9.18 Å². The van der Waals surface area contributed by atoms with Crippen LogP contribution < -0.4 is 11.5 Å². The first-order valence-electron chi connectivity index (χ1n) is 5.92. The van der Waals surface area contributed by atoms with E-state index in [1.54, 1.807) is 30.3 Å². The van der Waals surface area contributed by atoms with E-state index in [4.69, 9.17) is 11.5 Å². The molecule has 4 N–H and O–H groups in total. The van der Waals surface area contributed by atoms with Crippen molar-refractivity contribution >= 4 is 11.6 Å². The van der Waals surface area contributed by atoms with Crippen LogP contribution in [0.4, 0.5) is 10.1 Å². The first kappa shape index (κ1) is 14.7. The summed E-state index contributed by atoms with van der Waals surface area (Å²) in [7, 11) is 0. The second-order valence-electron chi connectivity index (χ2n) is 3.98. The molecule has 0 aliphatic carbocycles. The number of carbonyl (C=O) groups is 1. The molecule has 3 nitrogen and oxygen atoms in total. The fourth-order valence-electron chi connectivity index (χ4n) is 1.48. The normalized spacial score (nSPS) is 9.37. The molecule has 2 aromatic rings.